The van der Waals surface area contributed by atoms with Gasteiger partial charge in [0.15, 0.2) is 11.6 Å². The minimum Gasteiger partial charge on any atom is -0.452 e. The third-order valence-corrected chi connectivity index (χ3v) is 4.11. The van der Waals surface area contributed by atoms with Crippen molar-refractivity contribution in [3.05, 3.63) is 41.8 Å². The number of hydrogen-bond donors (Lipinski definition) is 2. The van der Waals surface area contributed by atoms with E-state index in [1.807, 2.05) is 0 Å². The molecule has 1 aliphatic rings. The van der Waals surface area contributed by atoms with Crippen molar-refractivity contribution in [2.45, 2.75) is 25.3 Å². The summed E-state index contributed by atoms with van der Waals surface area (Å²) in [6.45, 7) is 0.246. The van der Waals surface area contributed by atoms with Crippen LogP contribution < -0.4 is 10.1 Å². The van der Waals surface area contributed by atoms with Gasteiger partial charge in [-0.1, -0.05) is 11.6 Å². The summed E-state index contributed by atoms with van der Waals surface area (Å²) < 4.78 is 5.83. The van der Waals surface area contributed by atoms with Crippen LogP contribution in [0.4, 0.5) is 5.82 Å². The van der Waals surface area contributed by atoms with Crippen LogP contribution in [0.25, 0.3) is 0 Å². The number of hydrogen-bond acceptors (Lipinski definition) is 5. The van der Waals surface area contributed by atoms with E-state index in [2.05, 4.69) is 15.3 Å². The second kappa shape index (κ2) is 6.94. The van der Waals surface area contributed by atoms with Gasteiger partial charge in [0.05, 0.1) is 6.20 Å². The summed E-state index contributed by atoms with van der Waals surface area (Å²) in [6.07, 6.45) is 6.14. The highest BCUT2D eigenvalue weighted by atomic mass is 35.5. The van der Waals surface area contributed by atoms with E-state index in [1.165, 1.54) is 6.33 Å². The number of halogens is 1. The molecule has 2 N–H and O–H groups in total. The van der Waals surface area contributed by atoms with Crippen LogP contribution in [0, 0.1) is 5.92 Å². The molecule has 22 heavy (non-hydrogen) atoms. The molecule has 5 nitrogen and oxygen atoms in total. The Morgan fingerprint density at radius 2 is 2.09 bits per heavy atom. The van der Waals surface area contributed by atoms with Crippen LogP contribution in [-0.2, 0) is 0 Å². The number of benzene rings is 1. The van der Waals surface area contributed by atoms with Gasteiger partial charge in [0, 0.05) is 17.7 Å². The first-order valence-electron chi connectivity index (χ1n) is 7.35. The summed E-state index contributed by atoms with van der Waals surface area (Å²) in [6, 6.07) is 7.46. The molecule has 0 bridgehead atoms. The summed E-state index contributed by atoms with van der Waals surface area (Å²) in [4.78, 5) is 8.29. The zero-order valence-electron chi connectivity index (χ0n) is 12.1. The highest BCUT2D eigenvalue weighted by Crippen LogP contribution is 2.32. The maximum atomic E-state index is 9.23. The van der Waals surface area contributed by atoms with Gasteiger partial charge in [0.1, 0.15) is 12.1 Å². The fourth-order valence-electron chi connectivity index (χ4n) is 2.69. The standard InChI is InChI=1S/C16H18ClN3O2/c17-12-2-5-14(6-3-12)22-15-8-18-10-19-16(15)20-13-4-1-11(7-13)9-21/h2-3,5-6,8,10-11,13,21H,1,4,7,9H2,(H,18,19,20)/t11-,13-/m1/s1. The maximum Gasteiger partial charge on any atom is 0.187 e. The van der Waals surface area contributed by atoms with E-state index in [9.17, 15) is 5.11 Å². The minimum atomic E-state index is 0.246. The van der Waals surface area contributed by atoms with E-state index in [0.29, 0.717) is 34.3 Å². The summed E-state index contributed by atoms with van der Waals surface area (Å²) in [5, 5.41) is 13.3. The van der Waals surface area contributed by atoms with E-state index < -0.39 is 0 Å². The molecule has 1 heterocycles. The molecule has 6 heteroatoms. The van der Waals surface area contributed by atoms with Crippen molar-refractivity contribution in [1.29, 1.82) is 0 Å². The summed E-state index contributed by atoms with van der Waals surface area (Å²) >= 11 is 5.87. The molecule has 116 valence electrons. The number of aromatic nitrogens is 2. The lowest BCUT2D eigenvalue weighted by Crippen LogP contribution is -2.17. The molecule has 1 aliphatic carbocycles. The molecular weight excluding hydrogens is 302 g/mol. The normalized spacial score (nSPS) is 20.8. The van der Waals surface area contributed by atoms with Crippen molar-refractivity contribution in [1.82, 2.24) is 9.97 Å². The fourth-order valence-corrected chi connectivity index (χ4v) is 2.82. The highest BCUT2D eigenvalue weighted by Gasteiger charge is 2.25. The maximum absolute atomic E-state index is 9.23. The number of ether oxygens (including phenoxy) is 1. The molecule has 3 rings (SSSR count). The van der Waals surface area contributed by atoms with Gasteiger partial charge in [-0.05, 0) is 49.4 Å². The van der Waals surface area contributed by atoms with Crippen molar-refractivity contribution in [3.63, 3.8) is 0 Å². The predicted molar refractivity (Wildman–Crippen MR) is 85.4 cm³/mol. The van der Waals surface area contributed by atoms with Gasteiger partial charge in [-0.15, -0.1) is 0 Å². The third-order valence-electron chi connectivity index (χ3n) is 3.86. The second-order valence-electron chi connectivity index (χ2n) is 5.49. The Morgan fingerprint density at radius 3 is 2.82 bits per heavy atom. The number of rotatable bonds is 5. The van der Waals surface area contributed by atoms with Gasteiger partial charge in [-0.25, -0.2) is 9.97 Å². The van der Waals surface area contributed by atoms with E-state index in [0.717, 1.165) is 19.3 Å². The van der Waals surface area contributed by atoms with Crippen LogP contribution in [0.1, 0.15) is 19.3 Å². The molecule has 2 atom stereocenters. The van der Waals surface area contributed by atoms with Crippen LogP contribution in [0.5, 0.6) is 11.5 Å². The minimum absolute atomic E-state index is 0.246. The SMILES string of the molecule is OC[C@@H]1CC[C@@H](Nc2ncncc2Oc2ccc(Cl)cc2)C1. The van der Waals surface area contributed by atoms with Gasteiger partial charge in [-0.2, -0.15) is 0 Å². The molecule has 0 unspecified atom stereocenters. The Bertz CT molecular complexity index is 621. The first-order valence-corrected chi connectivity index (χ1v) is 7.73. The molecule has 2 aromatic rings. The fraction of sp³-hybridized carbons (Fsp3) is 0.375. The van der Waals surface area contributed by atoms with Crippen molar-refractivity contribution in [2.75, 3.05) is 11.9 Å². The average molecular weight is 320 g/mol. The summed E-state index contributed by atoms with van der Waals surface area (Å²) in [5.41, 5.74) is 0. The predicted octanol–water partition coefficient (Wildman–Crippen LogP) is 3.50. The van der Waals surface area contributed by atoms with Crippen LogP contribution in [0.2, 0.25) is 5.02 Å². The van der Waals surface area contributed by atoms with E-state index >= 15 is 0 Å². The molecule has 0 spiro atoms. The van der Waals surface area contributed by atoms with Crippen molar-refractivity contribution in [2.24, 2.45) is 5.92 Å². The van der Waals surface area contributed by atoms with Gasteiger partial charge in [-0.3, -0.25) is 0 Å². The second-order valence-corrected chi connectivity index (χ2v) is 5.93. The van der Waals surface area contributed by atoms with Gasteiger partial charge >= 0.3 is 0 Å². The monoisotopic (exact) mass is 319 g/mol. The number of nitrogens with one attached hydrogen (secondary N) is 1. The Kier molecular flexibility index (Phi) is 4.75. The summed E-state index contributed by atoms with van der Waals surface area (Å²) in [5.74, 6) is 2.31. The number of anilines is 1. The lowest BCUT2D eigenvalue weighted by Gasteiger charge is -2.16. The molecular formula is C16H18ClN3O2. The van der Waals surface area contributed by atoms with E-state index in [4.69, 9.17) is 16.3 Å². The first-order chi connectivity index (χ1) is 10.7. The van der Waals surface area contributed by atoms with E-state index in [-0.39, 0.29) is 6.61 Å². The van der Waals surface area contributed by atoms with Gasteiger partial charge < -0.3 is 15.2 Å². The van der Waals surface area contributed by atoms with Crippen LogP contribution >= 0.6 is 11.6 Å². The number of aliphatic hydroxyl groups is 1. The van der Waals surface area contributed by atoms with E-state index in [1.54, 1.807) is 30.5 Å². The Balaban J connectivity index is 1.71. The van der Waals surface area contributed by atoms with Crippen molar-refractivity contribution >= 4 is 17.4 Å². The van der Waals surface area contributed by atoms with Gasteiger partial charge in [0.25, 0.3) is 0 Å². The lowest BCUT2D eigenvalue weighted by atomic mass is 10.1. The zero-order chi connectivity index (χ0) is 15.4. The molecule has 0 radical (unpaired) electrons. The quantitative estimate of drug-likeness (QED) is 0.883. The largest absolute Gasteiger partial charge is 0.452 e. The summed E-state index contributed by atoms with van der Waals surface area (Å²) in [7, 11) is 0. The number of nitrogens with zero attached hydrogens (tertiary/aromatic N) is 2. The number of aliphatic hydroxyl groups excluding tert-OH is 1. The average Bonchev–Trinajstić information content (AvgIpc) is 2.99. The lowest BCUT2D eigenvalue weighted by molar-refractivity contribution is 0.229. The zero-order valence-corrected chi connectivity index (χ0v) is 12.8. The molecule has 0 amide bonds. The Labute approximate surface area is 134 Å². The first kappa shape index (κ1) is 15.1. The molecule has 1 aromatic carbocycles. The van der Waals surface area contributed by atoms with Crippen LogP contribution in [0.3, 0.4) is 0 Å². The molecule has 1 saturated carbocycles. The Morgan fingerprint density at radius 1 is 1.27 bits per heavy atom. The molecule has 0 aliphatic heterocycles. The van der Waals surface area contributed by atoms with Crippen molar-refractivity contribution < 1.29 is 9.84 Å². The molecule has 0 saturated heterocycles. The van der Waals surface area contributed by atoms with Crippen molar-refractivity contribution in [3.8, 4) is 11.5 Å². The molecule has 1 fully saturated rings. The topological polar surface area (TPSA) is 67.3 Å². The smallest absolute Gasteiger partial charge is 0.187 e. The van der Waals surface area contributed by atoms with Gasteiger partial charge in [0.2, 0.25) is 0 Å². The van der Waals surface area contributed by atoms with Crippen LogP contribution in [0.15, 0.2) is 36.8 Å². The third kappa shape index (κ3) is 3.67. The van der Waals surface area contributed by atoms with Crippen LogP contribution in [-0.4, -0.2) is 27.7 Å². The highest BCUT2D eigenvalue weighted by molar-refractivity contribution is 6.30. The Hall–Kier alpha value is -1.85. The molecule has 1 aromatic heterocycles.